The molecule has 1 aliphatic rings. The lowest BCUT2D eigenvalue weighted by atomic mass is 10.1. The van der Waals surface area contributed by atoms with Crippen molar-refractivity contribution in [3.8, 4) is 0 Å². The molecule has 5 heteroatoms. The zero-order chi connectivity index (χ0) is 11.6. The van der Waals surface area contributed by atoms with E-state index < -0.39 is 0 Å². The van der Waals surface area contributed by atoms with E-state index in [2.05, 4.69) is 45.8 Å². The van der Waals surface area contributed by atoms with Gasteiger partial charge in [-0.2, -0.15) is 0 Å². The molecule has 90 valence electrons. The Morgan fingerprint density at radius 3 is 2.94 bits per heavy atom. The van der Waals surface area contributed by atoms with Crippen molar-refractivity contribution >= 4 is 0 Å². The number of fused-ring (bicyclic) bond motifs is 1. The van der Waals surface area contributed by atoms with Gasteiger partial charge in [-0.3, -0.25) is 4.90 Å². The van der Waals surface area contributed by atoms with Crippen LogP contribution in [0.2, 0.25) is 0 Å². The number of nitrogens with zero attached hydrogens (tertiary/aromatic N) is 4. The predicted molar refractivity (Wildman–Crippen MR) is 63.1 cm³/mol. The molecule has 0 atom stereocenters. The van der Waals surface area contributed by atoms with E-state index in [0.717, 1.165) is 38.5 Å². The molecule has 16 heavy (non-hydrogen) atoms. The molecule has 2 rings (SSSR count). The predicted octanol–water partition coefficient (Wildman–Crippen LogP) is 0.482. The van der Waals surface area contributed by atoms with Gasteiger partial charge < -0.3 is 9.88 Å². The summed E-state index contributed by atoms with van der Waals surface area (Å²) in [4.78, 5) is 2.42. The fraction of sp³-hybridized carbons (Fsp3) is 0.818. The number of hydrogen-bond acceptors (Lipinski definition) is 4. The van der Waals surface area contributed by atoms with Crippen molar-refractivity contribution in [2.24, 2.45) is 0 Å². The van der Waals surface area contributed by atoms with Crippen molar-refractivity contribution in [3.05, 3.63) is 12.2 Å². The van der Waals surface area contributed by atoms with Crippen LogP contribution in [0.25, 0.3) is 0 Å². The van der Waals surface area contributed by atoms with Crippen LogP contribution in [-0.2, 0) is 13.1 Å². The van der Waals surface area contributed by atoms with Gasteiger partial charge in [-0.1, -0.05) is 0 Å². The fourth-order valence-corrected chi connectivity index (χ4v) is 1.90. The van der Waals surface area contributed by atoms with Gasteiger partial charge in [0.05, 0.1) is 6.54 Å². The van der Waals surface area contributed by atoms with Gasteiger partial charge >= 0.3 is 0 Å². The Balaban J connectivity index is 1.77. The zero-order valence-corrected chi connectivity index (χ0v) is 10.4. The van der Waals surface area contributed by atoms with Crippen LogP contribution in [0.5, 0.6) is 0 Å². The van der Waals surface area contributed by atoms with Crippen LogP contribution in [0.15, 0.2) is 6.33 Å². The minimum Gasteiger partial charge on any atom is -0.315 e. The van der Waals surface area contributed by atoms with Gasteiger partial charge in [0, 0.05) is 31.7 Å². The normalized spacial score (nSPS) is 17.4. The Bertz CT molecular complexity index is 338. The summed E-state index contributed by atoms with van der Waals surface area (Å²) in [5.74, 6) is 1.09. The van der Waals surface area contributed by atoms with Crippen LogP contribution in [0, 0.1) is 0 Å². The largest absolute Gasteiger partial charge is 0.315 e. The smallest absolute Gasteiger partial charge is 0.147 e. The Hall–Kier alpha value is -0.940. The molecule has 0 amide bonds. The average Bonchev–Trinajstić information content (AvgIpc) is 2.62. The molecule has 0 fully saturated rings. The second-order valence-electron chi connectivity index (χ2n) is 5.39. The summed E-state index contributed by atoms with van der Waals surface area (Å²) in [6.07, 6.45) is 1.82. The number of nitrogens with one attached hydrogen (secondary N) is 1. The van der Waals surface area contributed by atoms with E-state index in [1.807, 2.05) is 6.33 Å². The third kappa shape index (κ3) is 3.02. The molecule has 1 aromatic rings. The van der Waals surface area contributed by atoms with E-state index in [1.54, 1.807) is 0 Å². The third-order valence-electron chi connectivity index (χ3n) is 2.80. The van der Waals surface area contributed by atoms with Gasteiger partial charge in [0.25, 0.3) is 0 Å². The van der Waals surface area contributed by atoms with Crippen molar-refractivity contribution in [1.82, 2.24) is 25.0 Å². The van der Waals surface area contributed by atoms with Crippen molar-refractivity contribution in [1.29, 1.82) is 0 Å². The number of hydrogen-bond donors (Lipinski definition) is 1. The van der Waals surface area contributed by atoms with Crippen LogP contribution < -0.4 is 5.32 Å². The Labute approximate surface area is 96.8 Å². The van der Waals surface area contributed by atoms with Gasteiger partial charge in [-0.15, -0.1) is 10.2 Å². The molecule has 0 spiro atoms. The van der Waals surface area contributed by atoms with E-state index in [9.17, 15) is 0 Å². The quantitative estimate of drug-likeness (QED) is 0.809. The summed E-state index contributed by atoms with van der Waals surface area (Å²) < 4.78 is 2.13. The van der Waals surface area contributed by atoms with E-state index in [1.165, 1.54) is 0 Å². The van der Waals surface area contributed by atoms with E-state index in [-0.39, 0.29) is 5.54 Å². The summed E-state index contributed by atoms with van der Waals surface area (Å²) in [5.41, 5.74) is 0.204. The van der Waals surface area contributed by atoms with E-state index in [0.29, 0.717) is 0 Å². The first-order valence-electron chi connectivity index (χ1n) is 5.89. The van der Waals surface area contributed by atoms with Crippen molar-refractivity contribution in [2.75, 3.05) is 19.6 Å². The Morgan fingerprint density at radius 2 is 2.19 bits per heavy atom. The van der Waals surface area contributed by atoms with Crippen LogP contribution in [-0.4, -0.2) is 44.8 Å². The molecule has 1 aromatic heterocycles. The SMILES string of the molecule is CC(C)(C)NCCN1CCn2cnnc2C1. The summed E-state index contributed by atoms with van der Waals surface area (Å²) in [6.45, 7) is 11.7. The first-order chi connectivity index (χ1) is 7.54. The van der Waals surface area contributed by atoms with Crippen molar-refractivity contribution in [2.45, 2.75) is 39.4 Å². The second kappa shape index (κ2) is 4.51. The molecule has 0 aliphatic carbocycles. The first kappa shape index (κ1) is 11.5. The lowest BCUT2D eigenvalue weighted by molar-refractivity contribution is 0.211. The summed E-state index contributed by atoms with van der Waals surface area (Å²) in [5, 5.41) is 11.5. The van der Waals surface area contributed by atoms with Gasteiger partial charge in [0.1, 0.15) is 12.2 Å². The zero-order valence-electron chi connectivity index (χ0n) is 10.4. The highest BCUT2D eigenvalue weighted by Gasteiger charge is 2.17. The molecule has 0 unspecified atom stereocenters. The van der Waals surface area contributed by atoms with Crippen molar-refractivity contribution in [3.63, 3.8) is 0 Å². The standard InChI is InChI=1S/C11H21N5/c1-11(2,3)12-4-5-15-6-7-16-9-13-14-10(16)8-15/h9,12H,4-8H2,1-3H3. The molecule has 1 aliphatic heterocycles. The monoisotopic (exact) mass is 223 g/mol. The lowest BCUT2D eigenvalue weighted by Crippen LogP contribution is -2.43. The Morgan fingerprint density at radius 1 is 1.38 bits per heavy atom. The topological polar surface area (TPSA) is 46.0 Å². The maximum absolute atomic E-state index is 4.11. The molecule has 5 nitrogen and oxygen atoms in total. The maximum atomic E-state index is 4.11. The first-order valence-corrected chi connectivity index (χ1v) is 5.89. The fourth-order valence-electron chi connectivity index (χ4n) is 1.90. The summed E-state index contributed by atoms with van der Waals surface area (Å²) in [6, 6.07) is 0. The molecule has 0 saturated carbocycles. The minimum atomic E-state index is 0.204. The molecule has 1 N–H and O–H groups in total. The van der Waals surface area contributed by atoms with Gasteiger partial charge in [-0.05, 0) is 20.8 Å². The minimum absolute atomic E-state index is 0.204. The molecular weight excluding hydrogens is 202 g/mol. The van der Waals surface area contributed by atoms with Gasteiger partial charge in [0.15, 0.2) is 0 Å². The van der Waals surface area contributed by atoms with Crippen LogP contribution in [0.1, 0.15) is 26.6 Å². The van der Waals surface area contributed by atoms with Crippen LogP contribution >= 0.6 is 0 Å². The third-order valence-corrected chi connectivity index (χ3v) is 2.80. The molecular formula is C11H21N5. The molecule has 0 bridgehead atoms. The highest BCUT2D eigenvalue weighted by atomic mass is 15.3. The highest BCUT2D eigenvalue weighted by molar-refractivity contribution is 4.90. The average molecular weight is 223 g/mol. The van der Waals surface area contributed by atoms with E-state index in [4.69, 9.17) is 0 Å². The summed E-state index contributed by atoms with van der Waals surface area (Å²) in [7, 11) is 0. The number of rotatable bonds is 3. The van der Waals surface area contributed by atoms with Crippen molar-refractivity contribution < 1.29 is 0 Å². The van der Waals surface area contributed by atoms with Crippen LogP contribution in [0.3, 0.4) is 0 Å². The number of aromatic nitrogens is 3. The highest BCUT2D eigenvalue weighted by Crippen LogP contribution is 2.08. The Kier molecular flexibility index (Phi) is 3.25. The van der Waals surface area contributed by atoms with Gasteiger partial charge in [0.2, 0.25) is 0 Å². The molecule has 0 aromatic carbocycles. The summed E-state index contributed by atoms with van der Waals surface area (Å²) >= 11 is 0. The molecule has 2 heterocycles. The lowest BCUT2D eigenvalue weighted by Gasteiger charge is -2.28. The molecule has 0 saturated heterocycles. The van der Waals surface area contributed by atoms with E-state index >= 15 is 0 Å². The van der Waals surface area contributed by atoms with Gasteiger partial charge in [-0.25, -0.2) is 0 Å². The second-order valence-corrected chi connectivity index (χ2v) is 5.39. The molecule has 0 radical (unpaired) electrons. The van der Waals surface area contributed by atoms with Crippen LogP contribution in [0.4, 0.5) is 0 Å². The maximum Gasteiger partial charge on any atom is 0.147 e.